The van der Waals surface area contributed by atoms with E-state index in [2.05, 4.69) is 24.4 Å². The number of nitrogens with zero attached hydrogens (tertiary/aromatic N) is 1. The third kappa shape index (κ3) is 4.57. The van der Waals surface area contributed by atoms with Crippen LogP contribution in [0.1, 0.15) is 25.0 Å². The molecular weight excluding hydrogens is 212 g/mol. The summed E-state index contributed by atoms with van der Waals surface area (Å²) in [5, 5.41) is 3.14. The van der Waals surface area contributed by atoms with Gasteiger partial charge in [-0.05, 0) is 18.1 Å². The molecule has 1 rings (SSSR count). The Morgan fingerprint density at radius 2 is 2.00 bits per heavy atom. The summed E-state index contributed by atoms with van der Waals surface area (Å²) in [6, 6.07) is 8.49. The van der Waals surface area contributed by atoms with Crippen molar-refractivity contribution >= 4 is 5.91 Å². The largest absolute Gasteiger partial charge is 0.340 e. The molecule has 0 radical (unpaired) electrons. The smallest absolute Gasteiger partial charge is 0.236 e. The van der Waals surface area contributed by atoms with Crippen molar-refractivity contribution in [3.05, 3.63) is 35.4 Å². The highest BCUT2D eigenvalue weighted by atomic mass is 16.2. The molecular formula is C14H22N2O. The van der Waals surface area contributed by atoms with Gasteiger partial charge in [0.15, 0.2) is 0 Å². The molecule has 0 heterocycles. The predicted octanol–water partition coefficient (Wildman–Crippen LogP) is 1.95. The van der Waals surface area contributed by atoms with E-state index in [0.29, 0.717) is 19.1 Å². The maximum atomic E-state index is 11.8. The monoisotopic (exact) mass is 234 g/mol. The molecule has 0 bridgehead atoms. The first kappa shape index (κ1) is 13.7. The second kappa shape index (κ2) is 6.40. The third-order valence-corrected chi connectivity index (χ3v) is 2.76. The predicted molar refractivity (Wildman–Crippen MR) is 70.8 cm³/mol. The van der Waals surface area contributed by atoms with Crippen molar-refractivity contribution in [2.45, 2.75) is 33.4 Å². The van der Waals surface area contributed by atoms with Crippen LogP contribution in [-0.4, -0.2) is 30.4 Å². The van der Waals surface area contributed by atoms with Crippen LogP contribution in [0, 0.1) is 6.92 Å². The van der Waals surface area contributed by atoms with Crippen molar-refractivity contribution in [2.24, 2.45) is 0 Å². The van der Waals surface area contributed by atoms with Gasteiger partial charge in [0, 0.05) is 19.6 Å². The van der Waals surface area contributed by atoms with Crippen molar-refractivity contribution in [3.8, 4) is 0 Å². The minimum Gasteiger partial charge on any atom is -0.340 e. The van der Waals surface area contributed by atoms with Crippen molar-refractivity contribution in [1.82, 2.24) is 10.2 Å². The molecule has 0 aromatic heterocycles. The molecule has 0 aliphatic carbocycles. The average molecular weight is 234 g/mol. The highest BCUT2D eigenvalue weighted by Gasteiger charge is 2.10. The van der Waals surface area contributed by atoms with Gasteiger partial charge in [0.25, 0.3) is 0 Å². The molecule has 0 saturated carbocycles. The number of likely N-dealkylation sites (N-methyl/N-ethyl adjacent to an activating group) is 1. The fraction of sp³-hybridized carbons (Fsp3) is 0.500. The summed E-state index contributed by atoms with van der Waals surface area (Å²) in [5.41, 5.74) is 2.43. The van der Waals surface area contributed by atoms with E-state index in [1.54, 1.807) is 4.90 Å². The van der Waals surface area contributed by atoms with Crippen LogP contribution in [0.4, 0.5) is 0 Å². The summed E-state index contributed by atoms with van der Waals surface area (Å²) in [6.07, 6.45) is 0. The van der Waals surface area contributed by atoms with Crippen LogP contribution in [-0.2, 0) is 11.3 Å². The van der Waals surface area contributed by atoms with Gasteiger partial charge in [-0.25, -0.2) is 0 Å². The molecule has 94 valence electrons. The van der Waals surface area contributed by atoms with Gasteiger partial charge in [0.05, 0.1) is 6.54 Å². The highest BCUT2D eigenvalue weighted by molar-refractivity contribution is 5.78. The Morgan fingerprint density at radius 3 is 2.59 bits per heavy atom. The summed E-state index contributed by atoms with van der Waals surface area (Å²) in [7, 11) is 1.84. The van der Waals surface area contributed by atoms with Crippen molar-refractivity contribution in [1.29, 1.82) is 0 Å². The third-order valence-electron chi connectivity index (χ3n) is 2.76. The minimum absolute atomic E-state index is 0.127. The van der Waals surface area contributed by atoms with Crippen LogP contribution in [0.5, 0.6) is 0 Å². The van der Waals surface area contributed by atoms with Gasteiger partial charge >= 0.3 is 0 Å². The summed E-state index contributed by atoms with van der Waals surface area (Å²) in [4.78, 5) is 13.6. The Kier molecular flexibility index (Phi) is 5.16. The lowest BCUT2D eigenvalue weighted by molar-refractivity contribution is -0.129. The number of carbonyl (C=O) groups is 1. The molecule has 0 saturated heterocycles. The molecule has 0 aliphatic rings. The summed E-state index contributed by atoms with van der Waals surface area (Å²) in [6.45, 7) is 7.22. The molecule has 1 amide bonds. The van der Waals surface area contributed by atoms with E-state index in [1.165, 1.54) is 11.1 Å². The van der Waals surface area contributed by atoms with Crippen LogP contribution >= 0.6 is 0 Å². The number of aryl methyl sites for hydroxylation is 1. The molecule has 0 unspecified atom stereocenters. The Labute approximate surface area is 104 Å². The second-order valence-corrected chi connectivity index (χ2v) is 4.71. The number of hydrogen-bond acceptors (Lipinski definition) is 2. The molecule has 0 aliphatic heterocycles. The van der Waals surface area contributed by atoms with Crippen molar-refractivity contribution in [2.75, 3.05) is 13.6 Å². The molecule has 0 fully saturated rings. The Bertz CT molecular complexity index is 374. The summed E-state index contributed by atoms with van der Waals surface area (Å²) in [5.74, 6) is 0.127. The zero-order valence-corrected chi connectivity index (χ0v) is 11.2. The average Bonchev–Trinajstić information content (AvgIpc) is 2.28. The fourth-order valence-electron chi connectivity index (χ4n) is 1.56. The van der Waals surface area contributed by atoms with Gasteiger partial charge in [-0.2, -0.15) is 0 Å². The van der Waals surface area contributed by atoms with Crippen LogP contribution in [0.25, 0.3) is 0 Å². The van der Waals surface area contributed by atoms with Crippen LogP contribution in [0.3, 0.4) is 0 Å². The molecule has 1 aromatic carbocycles. The lowest BCUT2D eigenvalue weighted by Crippen LogP contribution is -2.37. The number of carbonyl (C=O) groups excluding carboxylic acids is 1. The summed E-state index contributed by atoms with van der Waals surface area (Å²) >= 11 is 0. The van der Waals surface area contributed by atoms with Gasteiger partial charge in [-0.3, -0.25) is 4.79 Å². The van der Waals surface area contributed by atoms with E-state index >= 15 is 0 Å². The maximum absolute atomic E-state index is 11.8. The molecule has 0 atom stereocenters. The summed E-state index contributed by atoms with van der Waals surface area (Å²) < 4.78 is 0. The van der Waals surface area contributed by atoms with Crippen LogP contribution < -0.4 is 5.32 Å². The van der Waals surface area contributed by atoms with Gasteiger partial charge in [-0.1, -0.05) is 38.1 Å². The number of hydrogen-bond donors (Lipinski definition) is 1. The Hall–Kier alpha value is -1.35. The number of benzene rings is 1. The van der Waals surface area contributed by atoms with Gasteiger partial charge in [-0.15, -0.1) is 0 Å². The number of amides is 1. The van der Waals surface area contributed by atoms with E-state index in [0.717, 1.165) is 0 Å². The minimum atomic E-state index is 0.127. The SMILES string of the molecule is Cc1ccccc1CN(C)C(=O)CNC(C)C. The van der Waals surface area contributed by atoms with Crippen molar-refractivity contribution in [3.63, 3.8) is 0 Å². The topological polar surface area (TPSA) is 32.3 Å². The van der Waals surface area contributed by atoms with Crippen LogP contribution in [0.15, 0.2) is 24.3 Å². The Morgan fingerprint density at radius 1 is 1.35 bits per heavy atom. The standard InChI is InChI=1S/C14H22N2O/c1-11(2)15-9-14(17)16(4)10-13-8-6-5-7-12(13)3/h5-8,11,15H,9-10H2,1-4H3. The van der Waals surface area contributed by atoms with E-state index in [-0.39, 0.29) is 5.91 Å². The van der Waals surface area contributed by atoms with Gasteiger partial charge < -0.3 is 10.2 Å². The van der Waals surface area contributed by atoms with Crippen molar-refractivity contribution < 1.29 is 4.79 Å². The second-order valence-electron chi connectivity index (χ2n) is 4.71. The van der Waals surface area contributed by atoms with E-state index in [9.17, 15) is 4.79 Å². The zero-order chi connectivity index (χ0) is 12.8. The quantitative estimate of drug-likeness (QED) is 0.844. The highest BCUT2D eigenvalue weighted by Crippen LogP contribution is 2.09. The first-order valence-electron chi connectivity index (χ1n) is 6.02. The molecule has 17 heavy (non-hydrogen) atoms. The molecule has 0 spiro atoms. The van der Waals surface area contributed by atoms with E-state index in [1.807, 2.05) is 33.0 Å². The fourth-order valence-corrected chi connectivity index (χ4v) is 1.56. The lowest BCUT2D eigenvalue weighted by Gasteiger charge is -2.19. The van der Waals surface area contributed by atoms with Crippen LogP contribution in [0.2, 0.25) is 0 Å². The van der Waals surface area contributed by atoms with E-state index in [4.69, 9.17) is 0 Å². The van der Waals surface area contributed by atoms with Gasteiger partial charge in [0.2, 0.25) is 5.91 Å². The molecule has 3 nitrogen and oxygen atoms in total. The Balaban J connectivity index is 2.51. The lowest BCUT2D eigenvalue weighted by atomic mass is 10.1. The normalized spacial score (nSPS) is 10.6. The molecule has 1 aromatic rings. The van der Waals surface area contributed by atoms with E-state index < -0.39 is 0 Å². The molecule has 1 N–H and O–H groups in total. The molecule has 3 heteroatoms. The maximum Gasteiger partial charge on any atom is 0.236 e. The zero-order valence-electron chi connectivity index (χ0n) is 11.2. The first-order valence-corrected chi connectivity index (χ1v) is 6.02. The number of nitrogens with one attached hydrogen (secondary N) is 1. The number of rotatable bonds is 5. The van der Waals surface area contributed by atoms with Gasteiger partial charge in [0.1, 0.15) is 0 Å². The first-order chi connectivity index (χ1) is 8.00.